The van der Waals surface area contributed by atoms with E-state index in [1.807, 2.05) is 12.1 Å². The zero-order valence-corrected chi connectivity index (χ0v) is 20.1. The molecule has 0 N–H and O–H groups in total. The van der Waals surface area contributed by atoms with Gasteiger partial charge in [-0.2, -0.15) is 0 Å². The van der Waals surface area contributed by atoms with Crippen molar-refractivity contribution in [3.8, 4) is 5.75 Å². The first kappa shape index (κ1) is 23.5. The number of nitrogens with zero attached hydrogens (tertiary/aromatic N) is 3. The molecule has 4 nitrogen and oxygen atoms in total. The van der Waals surface area contributed by atoms with Crippen LogP contribution >= 0.6 is 0 Å². The third-order valence-electron chi connectivity index (χ3n) is 7.10. The first-order valence-electron chi connectivity index (χ1n) is 12.3. The van der Waals surface area contributed by atoms with Crippen LogP contribution in [0.2, 0.25) is 0 Å². The van der Waals surface area contributed by atoms with E-state index >= 15 is 0 Å². The molecular weight excluding hydrogens is 444 g/mol. The second-order valence-corrected chi connectivity index (χ2v) is 9.46. The Balaban J connectivity index is 1.23. The van der Waals surface area contributed by atoms with Gasteiger partial charge in [-0.05, 0) is 85.8 Å². The molecule has 0 atom stereocenters. The van der Waals surface area contributed by atoms with Gasteiger partial charge in [-0.15, -0.1) is 0 Å². The number of aromatic nitrogens is 2. The molecule has 1 aromatic heterocycles. The van der Waals surface area contributed by atoms with Gasteiger partial charge in [0.1, 0.15) is 23.2 Å². The molecule has 0 aliphatic carbocycles. The zero-order valence-electron chi connectivity index (χ0n) is 20.1. The van der Waals surface area contributed by atoms with Crippen LogP contribution < -0.4 is 4.74 Å². The summed E-state index contributed by atoms with van der Waals surface area (Å²) >= 11 is 0. The van der Waals surface area contributed by atoms with Crippen LogP contribution in [0.3, 0.4) is 0 Å². The largest absolute Gasteiger partial charge is 0.497 e. The van der Waals surface area contributed by atoms with E-state index < -0.39 is 0 Å². The highest BCUT2D eigenvalue weighted by atomic mass is 19.1. The van der Waals surface area contributed by atoms with Gasteiger partial charge in [0.25, 0.3) is 0 Å². The number of benzene rings is 3. The van der Waals surface area contributed by atoms with Gasteiger partial charge in [0.2, 0.25) is 0 Å². The molecule has 1 saturated heterocycles. The highest BCUT2D eigenvalue weighted by molar-refractivity contribution is 5.76. The van der Waals surface area contributed by atoms with Crippen LogP contribution in [0, 0.1) is 17.6 Å². The number of ether oxygens (including phenoxy) is 1. The van der Waals surface area contributed by atoms with Gasteiger partial charge < -0.3 is 14.2 Å². The predicted molar refractivity (Wildman–Crippen MR) is 135 cm³/mol. The minimum absolute atomic E-state index is 0.245. The maximum atomic E-state index is 13.9. The number of hydrogen-bond acceptors (Lipinski definition) is 3. The topological polar surface area (TPSA) is 30.3 Å². The van der Waals surface area contributed by atoms with Crippen molar-refractivity contribution in [3.63, 3.8) is 0 Å². The predicted octanol–water partition coefficient (Wildman–Crippen LogP) is 5.87. The van der Waals surface area contributed by atoms with E-state index in [9.17, 15) is 8.78 Å². The number of halogens is 2. The number of methoxy groups -OCH3 is 1. The van der Waals surface area contributed by atoms with Crippen molar-refractivity contribution in [2.45, 2.75) is 32.2 Å². The van der Waals surface area contributed by atoms with Crippen LogP contribution in [-0.2, 0) is 19.4 Å². The summed E-state index contributed by atoms with van der Waals surface area (Å²) in [5.41, 5.74) is 3.93. The molecule has 0 bridgehead atoms. The van der Waals surface area contributed by atoms with E-state index in [-0.39, 0.29) is 11.6 Å². The van der Waals surface area contributed by atoms with Crippen LogP contribution in [0.4, 0.5) is 8.78 Å². The van der Waals surface area contributed by atoms with E-state index in [1.54, 1.807) is 25.3 Å². The highest BCUT2D eigenvalue weighted by Crippen LogP contribution is 2.26. The fourth-order valence-electron chi connectivity index (χ4n) is 5.01. The first-order valence-corrected chi connectivity index (χ1v) is 12.3. The molecule has 3 aromatic carbocycles. The van der Waals surface area contributed by atoms with E-state index in [1.165, 1.54) is 29.8 Å². The third kappa shape index (κ3) is 5.70. The number of likely N-dealkylation sites (tertiary alicyclic amines) is 1. The van der Waals surface area contributed by atoms with Crippen molar-refractivity contribution in [1.82, 2.24) is 14.5 Å². The molecular formula is C29H31F2N3O. The average Bonchev–Trinajstić information content (AvgIpc) is 3.20. The average molecular weight is 476 g/mol. The Morgan fingerprint density at radius 1 is 0.886 bits per heavy atom. The molecule has 0 saturated carbocycles. The number of hydrogen-bond donors (Lipinski definition) is 0. The van der Waals surface area contributed by atoms with Crippen molar-refractivity contribution >= 4 is 11.0 Å². The minimum Gasteiger partial charge on any atom is -0.497 e. The highest BCUT2D eigenvalue weighted by Gasteiger charge is 2.22. The van der Waals surface area contributed by atoms with Crippen molar-refractivity contribution in [3.05, 3.63) is 95.3 Å². The monoisotopic (exact) mass is 475 g/mol. The summed E-state index contributed by atoms with van der Waals surface area (Å²) in [6.07, 6.45) is 4.14. The minimum atomic E-state index is -0.277. The van der Waals surface area contributed by atoms with Crippen molar-refractivity contribution in [2.24, 2.45) is 5.92 Å². The Morgan fingerprint density at radius 3 is 2.29 bits per heavy atom. The third-order valence-corrected chi connectivity index (χ3v) is 7.10. The lowest BCUT2D eigenvalue weighted by molar-refractivity contribution is 0.184. The SMILES string of the molecule is COc1ccc(CCN2CCC(Cc3nc4cc(F)ccc4n3Cc3ccc(F)cc3)CC2)cc1. The summed E-state index contributed by atoms with van der Waals surface area (Å²) in [7, 11) is 1.69. The van der Waals surface area contributed by atoms with Gasteiger partial charge >= 0.3 is 0 Å². The van der Waals surface area contributed by atoms with Crippen LogP contribution in [0.1, 0.15) is 29.8 Å². The van der Waals surface area contributed by atoms with Gasteiger partial charge in [0, 0.05) is 25.6 Å². The quantitative estimate of drug-likeness (QED) is 0.319. The molecule has 0 amide bonds. The standard InChI is InChI=1S/C29H31F2N3O/c1-35-26-9-4-21(5-10-26)12-15-33-16-13-22(14-17-33)18-29-32-27-19-25(31)8-11-28(27)34(29)20-23-2-6-24(30)7-3-23/h2-11,19,22H,12-18,20H2,1H3. The lowest BCUT2D eigenvalue weighted by Gasteiger charge is -2.32. The fraction of sp³-hybridized carbons (Fsp3) is 0.345. The van der Waals surface area contributed by atoms with Gasteiger partial charge in [-0.3, -0.25) is 0 Å². The number of imidazole rings is 1. The lowest BCUT2D eigenvalue weighted by atomic mass is 9.93. The molecule has 1 aliphatic heterocycles. The van der Waals surface area contributed by atoms with Gasteiger partial charge in [0.15, 0.2) is 0 Å². The Hall–Kier alpha value is -3.25. The Morgan fingerprint density at radius 2 is 1.57 bits per heavy atom. The van der Waals surface area contributed by atoms with Crippen LogP contribution in [0.25, 0.3) is 11.0 Å². The summed E-state index contributed by atoms with van der Waals surface area (Å²) in [5.74, 6) is 1.89. The maximum Gasteiger partial charge on any atom is 0.125 e. The first-order chi connectivity index (χ1) is 17.1. The summed E-state index contributed by atoms with van der Waals surface area (Å²) in [6, 6.07) is 19.7. The van der Waals surface area contributed by atoms with E-state index in [0.29, 0.717) is 18.0 Å². The van der Waals surface area contributed by atoms with Crippen LogP contribution in [0.5, 0.6) is 5.75 Å². The molecule has 5 rings (SSSR count). The Bertz CT molecular complexity index is 1260. The second kappa shape index (κ2) is 10.6. The summed E-state index contributed by atoms with van der Waals surface area (Å²) < 4.78 is 34.7. The molecule has 35 heavy (non-hydrogen) atoms. The Labute approximate surface area is 205 Å². The van der Waals surface area contributed by atoms with Gasteiger partial charge in [-0.1, -0.05) is 24.3 Å². The molecule has 4 aromatic rings. The molecule has 6 heteroatoms. The normalized spacial score (nSPS) is 15.1. The summed E-state index contributed by atoms with van der Waals surface area (Å²) in [4.78, 5) is 7.35. The maximum absolute atomic E-state index is 13.9. The van der Waals surface area contributed by atoms with E-state index in [2.05, 4.69) is 21.6 Å². The molecule has 0 spiro atoms. The van der Waals surface area contributed by atoms with Crippen LogP contribution in [-0.4, -0.2) is 41.2 Å². The number of piperidine rings is 1. The van der Waals surface area contributed by atoms with E-state index in [0.717, 1.165) is 68.0 Å². The van der Waals surface area contributed by atoms with Crippen molar-refractivity contribution in [2.75, 3.05) is 26.7 Å². The molecule has 1 fully saturated rings. The number of rotatable bonds is 8. The van der Waals surface area contributed by atoms with Gasteiger partial charge in [0.05, 0.1) is 18.1 Å². The second-order valence-electron chi connectivity index (χ2n) is 9.46. The van der Waals surface area contributed by atoms with Crippen LogP contribution in [0.15, 0.2) is 66.7 Å². The zero-order chi connectivity index (χ0) is 24.2. The molecule has 1 aliphatic rings. The van der Waals surface area contributed by atoms with Gasteiger partial charge in [-0.25, -0.2) is 13.8 Å². The number of fused-ring (bicyclic) bond motifs is 1. The summed E-state index contributed by atoms with van der Waals surface area (Å²) in [5, 5.41) is 0. The lowest BCUT2D eigenvalue weighted by Crippen LogP contribution is -2.36. The molecule has 0 unspecified atom stereocenters. The smallest absolute Gasteiger partial charge is 0.125 e. The fourth-order valence-corrected chi connectivity index (χ4v) is 5.01. The van der Waals surface area contributed by atoms with Crippen molar-refractivity contribution < 1.29 is 13.5 Å². The molecule has 0 radical (unpaired) electrons. The molecule has 182 valence electrons. The Kier molecular flexibility index (Phi) is 7.09. The molecule has 2 heterocycles. The van der Waals surface area contributed by atoms with Crippen molar-refractivity contribution in [1.29, 1.82) is 0 Å². The summed E-state index contributed by atoms with van der Waals surface area (Å²) in [6.45, 7) is 3.81. The van der Waals surface area contributed by atoms with E-state index in [4.69, 9.17) is 9.72 Å².